The van der Waals surface area contributed by atoms with Gasteiger partial charge in [-0.1, -0.05) is 27.7 Å². The van der Waals surface area contributed by atoms with Crippen molar-refractivity contribution in [2.45, 2.75) is 53.1 Å². The molecule has 0 bridgehead atoms. The van der Waals surface area contributed by atoms with Crippen molar-refractivity contribution in [3.63, 3.8) is 0 Å². The number of ketones is 1. The molecule has 0 spiro atoms. The highest BCUT2D eigenvalue weighted by Crippen LogP contribution is 2.10. The van der Waals surface area contributed by atoms with E-state index in [0.717, 1.165) is 0 Å². The maximum absolute atomic E-state index is 11.8. The lowest BCUT2D eigenvalue weighted by Gasteiger charge is -2.26. The molecule has 0 aromatic heterocycles. The van der Waals surface area contributed by atoms with Crippen molar-refractivity contribution >= 4 is 11.7 Å². The quantitative estimate of drug-likeness (QED) is 0.731. The van der Waals surface area contributed by atoms with E-state index in [4.69, 9.17) is 0 Å². The standard InChI is InChI=1S/C12H24N2O2.2H2/c1-8(2)11(16)12(5,6)14-10(15)7-13-9(3)4;;/h8-9,13H,7H2,1-6H3,(H,14,15);2*1H. The molecule has 2 N–H and O–H groups in total. The second kappa shape index (κ2) is 5.99. The Bertz CT molecular complexity index is 267. The van der Waals surface area contributed by atoms with Crippen LogP contribution in [0.1, 0.15) is 44.4 Å². The van der Waals surface area contributed by atoms with Gasteiger partial charge in [0, 0.05) is 14.8 Å². The van der Waals surface area contributed by atoms with E-state index in [1.54, 1.807) is 13.8 Å². The molecule has 0 rings (SSSR count). The minimum Gasteiger partial charge on any atom is -0.343 e. The molecule has 0 aliphatic rings. The van der Waals surface area contributed by atoms with Gasteiger partial charge in [-0.15, -0.1) is 0 Å². The van der Waals surface area contributed by atoms with Gasteiger partial charge >= 0.3 is 0 Å². The third-order valence-corrected chi connectivity index (χ3v) is 2.26. The van der Waals surface area contributed by atoms with E-state index in [2.05, 4.69) is 10.6 Å². The Hall–Kier alpha value is -0.900. The molecule has 4 nitrogen and oxygen atoms in total. The van der Waals surface area contributed by atoms with Crippen LogP contribution in [0.3, 0.4) is 0 Å². The number of carbonyl (C=O) groups excluding carboxylic acids is 2. The topological polar surface area (TPSA) is 58.2 Å². The summed E-state index contributed by atoms with van der Waals surface area (Å²) in [6.45, 7) is 11.3. The summed E-state index contributed by atoms with van der Waals surface area (Å²) in [5, 5.41) is 5.75. The predicted octanol–water partition coefficient (Wildman–Crippen LogP) is 1.60. The molecule has 0 aliphatic carbocycles. The first kappa shape index (κ1) is 15.1. The maximum Gasteiger partial charge on any atom is 0.234 e. The van der Waals surface area contributed by atoms with Gasteiger partial charge in [0.15, 0.2) is 5.78 Å². The Labute approximate surface area is 101 Å². The Morgan fingerprint density at radius 3 is 2.06 bits per heavy atom. The lowest BCUT2D eigenvalue weighted by atomic mass is 9.91. The maximum atomic E-state index is 11.8. The molecule has 0 aromatic rings. The molecular formula is C12H28N2O2. The highest BCUT2D eigenvalue weighted by atomic mass is 16.2. The van der Waals surface area contributed by atoms with Crippen LogP contribution in [0.25, 0.3) is 0 Å². The second-order valence-electron chi connectivity index (χ2n) is 5.23. The zero-order valence-electron chi connectivity index (χ0n) is 11.2. The van der Waals surface area contributed by atoms with E-state index in [-0.39, 0.29) is 33.0 Å². The third kappa shape index (κ3) is 5.26. The summed E-state index contributed by atoms with van der Waals surface area (Å²) >= 11 is 0. The van der Waals surface area contributed by atoms with E-state index in [1.807, 2.05) is 27.7 Å². The summed E-state index contributed by atoms with van der Waals surface area (Å²) in [6.07, 6.45) is 0. The summed E-state index contributed by atoms with van der Waals surface area (Å²) in [6, 6.07) is 0.259. The van der Waals surface area contributed by atoms with E-state index < -0.39 is 5.54 Å². The largest absolute Gasteiger partial charge is 0.343 e. The first-order valence-electron chi connectivity index (χ1n) is 5.75. The Kier molecular flexibility index (Phi) is 5.65. The van der Waals surface area contributed by atoms with E-state index in [1.165, 1.54) is 0 Å². The van der Waals surface area contributed by atoms with E-state index in [9.17, 15) is 9.59 Å². The van der Waals surface area contributed by atoms with Gasteiger partial charge in [0.1, 0.15) is 0 Å². The van der Waals surface area contributed by atoms with Crippen molar-refractivity contribution in [1.29, 1.82) is 0 Å². The van der Waals surface area contributed by atoms with Crippen molar-refractivity contribution in [1.82, 2.24) is 10.6 Å². The summed E-state index contributed by atoms with van der Waals surface area (Å²) in [7, 11) is 0. The normalized spacial score (nSPS) is 12.0. The molecule has 4 heteroatoms. The lowest BCUT2D eigenvalue weighted by molar-refractivity contribution is -0.132. The summed E-state index contributed by atoms with van der Waals surface area (Å²) in [4.78, 5) is 23.4. The molecule has 0 saturated heterocycles. The fourth-order valence-corrected chi connectivity index (χ4v) is 1.47. The molecule has 0 aromatic carbocycles. The van der Waals surface area contributed by atoms with E-state index >= 15 is 0 Å². The van der Waals surface area contributed by atoms with Gasteiger partial charge in [-0.2, -0.15) is 0 Å². The van der Waals surface area contributed by atoms with Crippen LogP contribution in [0.5, 0.6) is 0 Å². The highest BCUT2D eigenvalue weighted by molar-refractivity contribution is 5.93. The zero-order valence-corrected chi connectivity index (χ0v) is 11.2. The van der Waals surface area contributed by atoms with Crippen LogP contribution in [0, 0.1) is 5.92 Å². The fraction of sp³-hybridized carbons (Fsp3) is 0.833. The SMILES string of the molecule is CC(C)NCC(=O)NC(C)(C)C(=O)C(C)C.[HH].[HH]. The summed E-state index contributed by atoms with van der Waals surface area (Å²) < 4.78 is 0. The van der Waals surface area contributed by atoms with Crippen molar-refractivity contribution in [2.24, 2.45) is 5.92 Å². The highest BCUT2D eigenvalue weighted by Gasteiger charge is 2.30. The average molecular weight is 232 g/mol. The van der Waals surface area contributed by atoms with Crippen LogP contribution in [0.15, 0.2) is 0 Å². The molecule has 16 heavy (non-hydrogen) atoms. The van der Waals surface area contributed by atoms with Crippen LogP contribution in [-0.2, 0) is 9.59 Å². The minimum absolute atomic E-state index is 0. The summed E-state index contributed by atoms with van der Waals surface area (Å²) in [5.41, 5.74) is -0.788. The zero-order chi connectivity index (χ0) is 12.9. The average Bonchev–Trinajstić information content (AvgIpc) is 2.12. The molecule has 0 atom stereocenters. The second-order valence-corrected chi connectivity index (χ2v) is 5.23. The van der Waals surface area contributed by atoms with Gasteiger partial charge in [-0.05, 0) is 13.8 Å². The molecule has 0 saturated carbocycles. The molecular weight excluding hydrogens is 204 g/mol. The monoisotopic (exact) mass is 232 g/mol. The van der Waals surface area contributed by atoms with Crippen LogP contribution < -0.4 is 10.6 Å². The van der Waals surface area contributed by atoms with Crippen LogP contribution in [0.2, 0.25) is 0 Å². The van der Waals surface area contributed by atoms with Crippen LogP contribution in [-0.4, -0.2) is 29.8 Å². The van der Waals surface area contributed by atoms with Crippen molar-refractivity contribution in [3.05, 3.63) is 0 Å². The number of carbonyl (C=O) groups is 2. The number of hydrogen-bond donors (Lipinski definition) is 2. The molecule has 0 heterocycles. The van der Waals surface area contributed by atoms with Gasteiger partial charge in [0.05, 0.1) is 12.1 Å². The number of nitrogens with one attached hydrogen (secondary N) is 2. The molecule has 98 valence electrons. The number of hydrogen-bond acceptors (Lipinski definition) is 3. The van der Waals surface area contributed by atoms with Gasteiger partial charge in [0.25, 0.3) is 0 Å². The smallest absolute Gasteiger partial charge is 0.234 e. The first-order valence-corrected chi connectivity index (χ1v) is 5.75. The predicted molar refractivity (Wildman–Crippen MR) is 69.4 cm³/mol. The van der Waals surface area contributed by atoms with Gasteiger partial charge < -0.3 is 10.6 Å². The molecule has 0 unspecified atom stereocenters. The van der Waals surface area contributed by atoms with Crippen molar-refractivity contribution in [3.8, 4) is 0 Å². The molecule has 0 aliphatic heterocycles. The van der Waals surface area contributed by atoms with Crippen LogP contribution >= 0.6 is 0 Å². The van der Waals surface area contributed by atoms with Gasteiger partial charge in [0.2, 0.25) is 5.91 Å². The lowest BCUT2D eigenvalue weighted by Crippen LogP contribution is -2.53. The minimum atomic E-state index is -0.788. The van der Waals surface area contributed by atoms with Crippen molar-refractivity contribution < 1.29 is 12.4 Å². The Morgan fingerprint density at radius 1 is 1.19 bits per heavy atom. The number of amides is 1. The van der Waals surface area contributed by atoms with Crippen LogP contribution in [0.4, 0.5) is 0 Å². The molecule has 1 amide bonds. The van der Waals surface area contributed by atoms with Gasteiger partial charge in [-0.3, -0.25) is 9.59 Å². The Morgan fingerprint density at radius 2 is 1.69 bits per heavy atom. The molecule has 0 radical (unpaired) electrons. The van der Waals surface area contributed by atoms with Crippen molar-refractivity contribution in [2.75, 3.05) is 6.54 Å². The summed E-state index contributed by atoms with van der Waals surface area (Å²) in [5.74, 6) is -0.175. The number of Topliss-reactive ketones (excluding diaryl/α,β-unsaturated/α-hetero) is 1. The fourth-order valence-electron chi connectivity index (χ4n) is 1.47. The van der Waals surface area contributed by atoms with E-state index in [0.29, 0.717) is 0 Å². The Balaban J connectivity index is -0.00000112. The third-order valence-electron chi connectivity index (χ3n) is 2.26. The number of rotatable bonds is 6. The molecule has 0 fully saturated rings. The first-order chi connectivity index (χ1) is 7.16. The van der Waals surface area contributed by atoms with Gasteiger partial charge in [-0.25, -0.2) is 0 Å².